The number of aliphatic carboxylic acids is 1. The molecule has 1 fully saturated rings. The van der Waals surface area contributed by atoms with Gasteiger partial charge in [0.1, 0.15) is 6.04 Å². The van der Waals surface area contributed by atoms with Gasteiger partial charge in [-0.1, -0.05) is 0 Å². The third kappa shape index (κ3) is 2.16. The lowest BCUT2D eigenvalue weighted by Crippen LogP contribution is -2.47. The van der Waals surface area contributed by atoms with Crippen LogP contribution in [0.15, 0.2) is 0 Å². The number of nitrogens with zero attached hydrogens (tertiary/aromatic N) is 1. The van der Waals surface area contributed by atoms with Crippen LogP contribution in [0.25, 0.3) is 0 Å². The van der Waals surface area contributed by atoms with Crippen LogP contribution in [-0.2, 0) is 9.59 Å². The Morgan fingerprint density at radius 3 is 2.79 bits per heavy atom. The van der Waals surface area contributed by atoms with Crippen LogP contribution in [0.4, 0.5) is 0 Å². The normalized spacial score (nSPS) is 23.6. The molecule has 1 aliphatic rings. The van der Waals surface area contributed by atoms with Gasteiger partial charge in [0.05, 0.1) is 6.04 Å². The number of likely N-dealkylation sites (tertiary alicyclic amines) is 1. The minimum Gasteiger partial charge on any atom is -0.480 e. The van der Waals surface area contributed by atoms with Crippen molar-refractivity contribution >= 4 is 23.7 Å². The van der Waals surface area contributed by atoms with E-state index in [1.54, 1.807) is 6.92 Å². The van der Waals surface area contributed by atoms with Crippen molar-refractivity contribution in [2.75, 3.05) is 6.54 Å². The second-order valence-electron chi connectivity index (χ2n) is 3.36. The van der Waals surface area contributed by atoms with Crippen molar-refractivity contribution in [2.45, 2.75) is 31.8 Å². The minimum atomic E-state index is -0.947. The molecule has 1 heterocycles. The minimum absolute atomic E-state index is 0.259. The molecule has 0 saturated carbocycles. The van der Waals surface area contributed by atoms with Gasteiger partial charge in [-0.25, -0.2) is 9.63 Å². The summed E-state index contributed by atoms with van der Waals surface area (Å²) in [4.78, 5) is 26.0. The smallest absolute Gasteiger partial charge is 0.326 e. The Morgan fingerprint density at radius 1 is 1.64 bits per heavy atom. The molecule has 0 bridgehead atoms. The molecule has 5 nitrogen and oxygen atoms in total. The molecule has 0 aromatic rings. The first-order chi connectivity index (χ1) is 6.57. The Morgan fingerprint density at radius 2 is 2.29 bits per heavy atom. The van der Waals surface area contributed by atoms with Crippen LogP contribution in [0.2, 0.25) is 0 Å². The standard InChI is InChI=1S/C8H13ClN2O3/c1-5(10-9)7(12)11-4-2-3-6(11)8(13)14/h5-6,10H,2-4H2,1H3,(H,13,14)/t5-,6-/m0/s1. The third-order valence-corrected chi connectivity index (χ3v) is 2.68. The second-order valence-corrected chi connectivity index (χ2v) is 3.58. The summed E-state index contributed by atoms with van der Waals surface area (Å²) in [6.45, 7) is 2.10. The lowest BCUT2D eigenvalue weighted by atomic mass is 10.2. The number of amides is 1. The topological polar surface area (TPSA) is 69.6 Å². The molecule has 2 N–H and O–H groups in total. The summed E-state index contributed by atoms with van der Waals surface area (Å²) in [5.74, 6) is -1.21. The van der Waals surface area contributed by atoms with Crippen molar-refractivity contribution in [2.24, 2.45) is 0 Å². The van der Waals surface area contributed by atoms with Gasteiger partial charge in [-0.3, -0.25) is 4.79 Å². The molecule has 2 atom stereocenters. The Hall–Kier alpha value is -0.810. The molecule has 1 rings (SSSR count). The highest BCUT2D eigenvalue weighted by molar-refractivity contribution is 6.15. The van der Waals surface area contributed by atoms with E-state index in [1.807, 2.05) is 0 Å². The van der Waals surface area contributed by atoms with Gasteiger partial charge in [0.25, 0.3) is 0 Å². The van der Waals surface area contributed by atoms with Gasteiger partial charge < -0.3 is 10.0 Å². The first kappa shape index (κ1) is 11.3. The van der Waals surface area contributed by atoms with Crippen LogP contribution < -0.4 is 4.84 Å². The number of hydrogen-bond acceptors (Lipinski definition) is 3. The van der Waals surface area contributed by atoms with Gasteiger partial charge >= 0.3 is 5.97 Å². The highest BCUT2D eigenvalue weighted by Crippen LogP contribution is 2.18. The fraction of sp³-hybridized carbons (Fsp3) is 0.750. The van der Waals surface area contributed by atoms with E-state index in [2.05, 4.69) is 4.84 Å². The Labute approximate surface area is 87.1 Å². The maximum Gasteiger partial charge on any atom is 0.326 e. The number of halogens is 1. The summed E-state index contributed by atoms with van der Waals surface area (Å²) in [5.41, 5.74) is 0. The molecule has 0 aromatic heterocycles. The zero-order valence-corrected chi connectivity index (χ0v) is 8.62. The van der Waals surface area contributed by atoms with Crippen LogP contribution in [0.3, 0.4) is 0 Å². The SMILES string of the molecule is C[C@H](NCl)C(=O)N1CCC[C@H]1C(=O)O. The molecule has 0 aromatic carbocycles. The molecule has 0 aliphatic carbocycles. The van der Waals surface area contributed by atoms with Crippen LogP contribution in [0, 0.1) is 0 Å². The van der Waals surface area contributed by atoms with E-state index in [1.165, 1.54) is 4.90 Å². The molecular weight excluding hydrogens is 208 g/mol. The van der Waals surface area contributed by atoms with E-state index in [4.69, 9.17) is 16.9 Å². The quantitative estimate of drug-likeness (QED) is 0.667. The summed E-state index contributed by atoms with van der Waals surface area (Å²) in [6, 6.07) is -1.23. The fourth-order valence-corrected chi connectivity index (χ4v) is 1.68. The van der Waals surface area contributed by atoms with Crippen molar-refractivity contribution in [1.29, 1.82) is 0 Å². The van der Waals surface area contributed by atoms with E-state index in [0.717, 1.165) is 6.42 Å². The van der Waals surface area contributed by atoms with Crippen LogP contribution in [0.5, 0.6) is 0 Å². The molecule has 0 spiro atoms. The summed E-state index contributed by atoms with van der Waals surface area (Å²) < 4.78 is 0. The second kappa shape index (κ2) is 4.61. The number of nitrogens with one attached hydrogen (secondary N) is 1. The molecular formula is C8H13ClN2O3. The number of carboxylic acids is 1. The van der Waals surface area contributed by atoms with Gasteiger partial charge in [0.15, 0.2) is 0 Å². The highest BCUT2D eigenvalue weighted by atomic mass is 35.5. The number of carbonyl (C=O) groups is 2. The predicted molar refractivity (Wildman–Crippen MR) is 50.8 cm³/mol. The van der Waals surface area contributed by atoms with E-state index >= 15 is 0 Å². The maximum absolute atomic E-state index is 11.6. The predicted octanol–water partition coefficient (Wildman–Crippen LogP) is 0.194. The van der Waals surface area contributed by atoms with Gasteiger partial charge in [0.2, 0.25) is 5.91 Å². The first-order valence-corrected chi connectivity index (χ1v) is 4.85. The zero-order chi connectivity index (χ0) is 10.7. The van der Waals surface area contributed by atoms with Gasteiger partial charge in [-0.15, -0.1) is 0 Å². The molecule has 14 heavy (non-hydrogen) atoms. The average Bonchev–Trinajstić information content (AvgIpc) is 2.63. The molecule has 0 radical (unpaired) electrons. The third-order valence-electron chi connectivity index (χ3n) is 2.36. The molecule has 0 unspecified atom stereocenters. The monoisotopic (exact) mass is 220 g/mol. The fourth-order valence-electron chi connectivity index (χ4n) is 1.58. The highest BCUT2D eigenvalue weighted by Gasteiger charge is 2.35. The lowest BCUT2D eigenvalue weighted by Gasteiger charge is -2.23. The van der Waals surface area contributed by atoms with Crippen molar-refractivity contribution in [3.63, 3.8) is 0 Å². The van der Waals surface area contributed by atoms with Gasteiger partial charge in [-0.2, -0.15) is 0 Å². The number of carboxylic acid groups (broad SMARTS) is 1. The van der Waals surface area contributed by atoms with Crippen molar-refractivity contribution in [3.8, 4) is 0 Å². The number of rotatable bonds is 3. The first-order valence-electron chi connectivity index (χ1n) is 4.47. The van der Waals surface area contributed by atoms with Gasteiger partial charge in [0, 0.05) is 6.54 Å². The number of hydrogen-bond donors (Lipinski definition) is 2. The van der Waals surface area contributed by atoms with E-state index in [9.17, 15) is 9.59 Å². The van der Waals surface area contributed by atoms with Crippen molar-refractivity contribution < 1.29 is 14.7 Å². The average molecular weight is 221 g/mol. The lowest BCUT2D eigenvalue weighted by molar-refractivity contribution is -0.148. The van der Waals surface area contributed by atoms with Crippen molar-refractivity contribution in [3.05, 3.63) is 0 Å². The van der Waals surface area contributed by atoms with Crippen LogP contribution in [0.1, 0.15) is 19.8 Å². The molecule has 1 aliphatic heterocycles. The molecule has 1 saturated heterocycles. The van der Waals surface area contributed by atoms with Crippen LogP contribution in [-0.4, -0.2) is 40.5 Å². The number of carbonyl (C=O) groups excluding carboxylic acids is 1. The Kier molecular flexibility index (Phi) is 3.71. The maximum atomic E-state index is 11.6. The summed E-state index contributed by atoms with van der Waals surface area (Å²) in [7, 11) is 0. The summed E-state index contributed by atoms with van der Waals surface area (Å²) >= 11 is 5.31. The molecule has 80 valence electrons. The molecule has 1 amide bonds. The Bertz CT molecular complexity index is 247. The van der Waals surface area contributed by atoms with Gasteiger partial charge in [-0.05, 0) is 31.5 Å². The summed E-state index contributed by atoms with van der Waals surface area (Å²) in [5, 5.41) is 8.84. The van der Waals surface area contributed by atoms with E-state index in [0.29, 0.717) is 13.0 Å². The Balaban J connectivity index is 2.67. The summed E-state index contributed by atoms with van der Waals surface area (Å²) in [6.07, 6.45) is 1.26. The largest absolute Gasteiger partial charge is 0.480 e. The van der Waals surface area contributed by atoms with Crippen molar-refractivity contribution in [1.82, 2.24) is 9.74 Å². The van der Waals surface area contributed by atoms with E-state index < -0.39 is 18.1 Å². The molecule has 6 heteroatoms. The zero-order valence-electron chi connectivity index (χ0n) is 7.86. The van der Waals surface area contributed by atoms with Crippen LogP contribution >= 0.6 is 11.8 Å². The van der Waals surface area contributed by atoms with E-state index in [-0.39, 0.29) is 5.91 Å².